The zero-order valence-corrected chi connectivity index (χ0v) is 12.4. The van der Waals surface area contributed by atoms with E-state index in [-0.39, 0.29) is 11.4 Å². The predicted octanol–water partition coefficient (Wildman–Crippen LogP) is 3.73. The molecular formula is C19H21NO. The van der Waals surface area contributed by atoms with Crippen LogP contribution in [0.1, 0.15) is 36.0 Å². The second-order valence-electron chi connectivity index (χ2n) is 5.95. The van der Waals surface area contributed by atoms with Gasteiger partial charge < -0.3 is 5.32 Å². The van der Waals surface area contributed by atoms with E-state index >= 15 is 0 Å². The monoisotopic (exact) mass is 279 g/mol. The Morgan fingerprint density at radius 3 is 2.33 bits per heavy atom. The molecular weight excluding hydrogens is 258 g/mol. The Bertz CT molecular complexity index is 629. The first-order chi connectivity index (χ1) is 10.2. The molecule has 21 heavy (non-hydrogen) atoms. The summed E-state index contributed by atoms with van der Waals surface area (Å²) in [7, 11) is 0. The molecule has 2 aromatic rings. The maximum absolute atomic E-state index is 12.4. The first-order valence-electron chi connectivity index (χ1n) is 7.61. The van der Waals surface area contributed by atoms with Crippen molar-refractivity contribution in [1.29, 1.82) is 0 Å². The van der Waals surface area contributed by atoms with Gasteiger partial charge in [-0.05, 0) is 42.9 Å². The van der Waals surface area contributed by atoms with Crippen LogP contribution in [-0.4, -0.2) is 5.91 Å². The number of rotatable bonds is 4. The Hall–Kier alpha value is -2.09. The molecule has 0 saturated heterocycles. The number of aryl methyl sites for hydroxylation is 1. The molecule has 108 valence electrons. The predicted molar refractivity (Wildman–Crippen MR) is 85.0 cm³/mol. The van der Waals surface area contributed by atoms with Crippen molar-refractivity contribution in [3.63, 3.8) is 0 Å². The van der Waals surface area contributed by atoms with Crippen molar-refractivity contribution in [2.45, 2.75) is 38.1 Å². The summed E-state index contributed by atoms with van der Waals surface area (Å²) in [5.74, 6) is 0.118. The van der Waals surface area contributed by atoms with Crippen LogP contribution in [0, 0.1) is 6.92 Å². The summed E-state index contributed by atoms with van der Waals surface area (Å²) in [6.45, 7) is 2.05. The van der Waals surface area contributed by atoms with Gasteiger partial charge in [-0.3, -0.25) is 4.79 Å². The van der Waals surface area contributed by atoms with Crippen molar-refractivity contribution in [3.8, 4) is 0 Å². The van der Waals surface area contributed by atoms with Crippen LogP contribution in [-0.2, 0) is 16.8 Å². The van der Waals surface area contributed by atoms with Crippen molar-refractivity contribution in [2.24, 2.45) is 0 Å². The van der Waals surface area contributed by atoms with Gasteiger partial charge in [-0.1, -0.05) is 54.6 Å². The Morgan fingerprint density at radius 2 is 1.71 bits per heavy atom. The number of nitrogens with one attached hydrogen (secondary N) is 1. The largest absolute Gasteiger partial charge is 0.346 e. The molecule has 0 heterocycles. The van der Waals surface area contributed by atoms with Crippen LogP contribution < -0.4 is 5.32 Å². The van der Waals surface area contributed by atoms with Gasteiger partial charge in [0.25, 0.3) is 0 Å². The van der Waals surface area contributed by atoms with E-state index in [4.69, 9.17) is 0 Å². The molecule has 1 aliphatic carbocycles. The van der Waals surface area contributed by atoms with Gasteiger partial charge >= 0.3 is 0 Å². The van der Waals surface area contributed by atoms with Crippen molar-refractivity contribution >= 4 is 5.91 Å². The molecule has 2 nitrogen and oxygen atoms in total. The number of carbonyl (C=O) groups excluding carboxylic acids is 1. The van der Waals surface area contributed by atoms with Gasteiger partial charge in [0.1, 0.15) is 0 Å². The van der Waals surface area contributed by atoms with Crippen molar-refractivity contribution in [2.75, 3.05) is 0 Å². The fraction of sp³-hybridized carbons (Fsp3) is 0.316. The normalized spacial score (nSPS) is 16.0. The molecule has 0 radical (unpaired) electrons. The van der Waals surface area contributed by atoms with Crippen LogP contribution >= 0.6 is 0 Å². The highest BCUT2D eigenvalue weighted by Gasteiger charge is 2.39. The minimum atomic E-state index is -0.138. The Morgan fingerprint density at radius 1 is 1.05 bits per heavy atom. The lowest BCUT2D eigenvalue weighted by Gasteiger charge is -2.43. The minimum Gasteiger partial charge on any atom is -0.346 e. The third-order valence-electron chi connectivity index (χ3n) is 4.52. The summed E-state index contributed by atoms with van der Waals surface area (Å²) in [6.07, 6.45) is 3.72. The van der Waals surface area contributed by atoms with Crippen LogP contribution in [0.25, 0.3) is 0 Å². The van der Waals surface area contributed by atoms with Gasteiger partial charge in [-0.2, -0.15) is 0 Å². The van der Waals surface area contributed by atoms with Crippen LogP contribution in [0.2, 0.25) is 0 Å². The molecule has 0 bridgehead atoms. The second-order valence-corrected chi connectivity index (χ2v) is 5.95. The van der Waals surface area contributed by atoms with E-state index in [0.29, 0.717) is 6.42 Å². The summed E-state index contributed by atoms with van der Waals surface area (Å²) >= 11 is 0. The Labute approximate surface area is 126 Å². The number of hydrogen-bond donors (Lipinski definition) is 1. The number of hydrogen-bond acceptors (Lipinski definition) is 1. The summed E-state index contributed by atoms with van der Waals surface area (Å²) in [4.78, 5) is 12.4. The maximum Gasteiger partial charge on any atom is 0.225 e. The summed E-state index contributed by atoms with van der Waals surface area (Å²) in [5, 5.41) is 3.28. The van der Waals surface area contributed by atoms with Crippen LogP contribution in [0.5, 0.6) is 0 Å². The topological polar surface area (TPSA) is 29.1 Å². The van der Waals surface area contributed by atoms with Crippen molar-refractivity contribution in [1.82, 2.24) is 5.32 Å². The summed E-state index contributed by atoms with van der Waals surface area (Å²) in [5.41, 5.74) is 3.38. The average Bonchev–Trinajstić information content (AvgIpc) is 2.46. The highest BCUT2D eigenvalue weighted by atomic mass is 16.1. The van der Waals surface area contributed by atoms with Crippen LogP contribution in [0.3, 0.4) is 0 Å². The highest BCUT2D eigenvalue weighted by Crippen LogP contribution is 2.41. The van der Waals surface area contributed by atoms with Crippen LogP contribution in [0.15, 0.2) is 54.6 Å². The molecule has 1 N–H and O–H groups in total. The van der Waals surface area contributed by atoms with Crippen molar-refractivity contribution in [3.05, 3.63) is 71.3 Å². The van der Waals surface area contributed by atoms with Gasteiger partial charge in [0.2, 0.25) is 5.91 Å². The molecule has 0 aliphatic heterocycles. The molecule has 1 amide bonds. The first kappa shape index (κ1) is 13.9. The van der Waals surface area contributed by atoms with Gasteiger partial charge in [-0.25, -0.2) is 0 Å². The fourth-order valence-corrected chi connectivity index (χ4v) is 3.07. The third kappa shape index (κ3) is 2.85. The van der Waals surface area contributed by atoms with E-state index in [1.165, 1.54) is 17.5 Å². The maximum atomic E-state index is 12.4. The smallest absolute Gasteiger partial charge is 0.225 e. The number of carbonyl (C=O) groups is 1. The Balaban J connectivity index is 1.73. The molecule has 0 aromatic heterocycles. The van der Waals surface area contributed by atoms with Crippen LogP contribution in [0.4, 0.5) is 0 Å². The second kappa shape index (κ2) is 5.72. The molecule has 1 saturated carbocycles. The van der Waals surface area contributed by atoms with E-state index in [0.717, 1.165) is 18.4 Å². The lowest BCUT2D eigenvalue weighted by atomic mass is 9.71. The number of amides is 1. The van der Waals surface area contributed by atoms with Gasteiger partial charge in [0, 0.05) is 0 Å². The molecule has 1 fully saturated rings. The molecule has 0 atom stereocenters. The van der Waals surface area contributed by atoms with E-state index in [9.17, 15) is 4.79 Å². The molecule has 1 aliphatic rings. The van der Waals surface area contributed by atoms with E-state index < -0.39 is 0 Å². The third-order valence-corrected chi connectivity index (χ3v) is 4.52. The van der Waals surface area contributed by atoms with E-state index in [1.807, 2.05) is 36.4 Å². The molecule has 0 spiro atoms. The molecule has 0 unspecified atom stereocenters. The quantitative estimate of drug-likeness (QED) is 0.907. The van der Waals surface area contributed by atoms with Gasteiger partial charge in [0.05, 0.1) is 12.0 Å². The van der Waals surface area contributed by atoms with E-state index in [1.54, 1.807) is 0 Å². The Kier molecular flexibility index (Phi) is 3.78. The average molecular weight is 279 g/mol. The zero-order valence-electron chi connectivity index (χ0n) is 12.4. The summed E-state index contributed by atoms with van der Waals surface area (Å²) < 4.78 is 0. The fourth-order valence-electron chi connectivity index (χ4n) is 3.07. The van der Waals surface area contributed by atoms with Gasteiger partial charge in [-0.15, -0.1) is 0 Å². The number of benzene rings is 2. The molecule has 3 rings (SSSR count). The molecule has 2 aromatic carbocycles. The van der Waals surface area contributed by atoms with Crippen molar-refractivity contribution < 1.29 is 4.79 Å². The van der Waals surface area contributed by atoms with Gasteiger partial charge in [0.15, 0.2) is 0 Å². The first-order valence-corrected chi connectivity index (χ1v) is 7.61. The highest BCUT2D eigenvalue weighted by molar-refractivity contribution is 5.80. The lowest BCUT2D eigenvalue weighted by Crippen LogP contribution is -2.51. The lowest BCUT2D eigenvalue weighted by molar-refractivity contribution is -0.123. The molecule has 2 heteroatoms. The summed E-state index contributed by atoms with van der Waals surface area (Å²) in [6, 6.07) is 18.4. The minimum absolute atomic E-state index is 0.118. The zero-order chi connectivity index (χ0) is 14.7. The SMILES string of the molecule is Cc1ccccc1CC(=O)NC1(c2ccccc2)CCC1. The standard InChI is InChI=1S/C19H21NO/c1-15-8-5-6-9-16(15)14-18(21)20-19(12-7-13-19)17-10-3-2-4-11-17/h2-6,8-11H,7,12-14H2,1H3,(H,20,21). The van der Waals surface area contributed by atoms with E-state index in [2.05, 4.69) is 30.4 Å².